The summed E-state index contributed by atoms with van der Waals surface area (Å²) in [5, 5.41) is 11.6. The number of methoxy groups -OCH3 is 1. The fraction of sp³-hybridized carbons (Fsp3) is 0.211. The largest absolute Gasteiger partial charge is 0.495 e. The van der Waals surface area contributed by atoms with Gasteiger partial charge in [0.1, 0.15) is 23.9 Å². The van der Waals surface area contributed by atoms with E-state index >= 15 is 0 Å². The highest BCUT2D eigenvalue weighted by Crippen LogP contribution is 2.24. The number of anilines is 1. The minimum atomic E-state index is -0.323. The molecule has 0 aliphatic heterocycles. The molecule has 0 bridgehead atoms. The van der Waals surface area contributed by atoms with Gasteiger partial charge in [-0.2, -0.15) is 0 Å². The number of nitrogens with one attached hydrogen (secondary N) is 1. The van der Waals surface area contributed by atoms with E-state index in [1.807, 2.05) is 12.1 Å². The van der Waals surface area contributed by atoms with Crippen LogP contribution in [0.15, 0.2) is 53.7 Å². The SMILES string of the molecule is COc1ccccc1NC(=O)CSc1nnc(COc2ccc(F)cc2)n1C. The lowest BCUT2D eigenvalue weighted by molar-refractivity contribution is -0.113. The lowest BCUT2D eigenvalue weighted by atomic mass is 10.3. The van der Waals surface area contributed by atoms with E-state index in [9.17, 15) is 9.18 Å². The molecular formula is C19H19FN4O3S. The van der Waals surface area contributed by atoms with Crippen LogP contribution >= 0.6 is 11.8 Å². The first-order valence-corrected chi connectivity index (χ1v) is 9.37. The van der Waals surface area contributed by atoms with E-state index in [2.05, 4.69) is 15.5 Å². The number of benzene rings is 2. The van der Waals surface area contributed by atoms with E-state index in [-0.39, 0.29) is 24.1 Å². The maximum Gasteiger partial charge on any atom is 0.234 e. The summed E-state index contributed by atoms with van der Waals surface area (Å²) in [7, 11) is 3.35. The third-order valence-corrected chi connectivity index (χ3v) is 4.84. The molecule has 0 fully saturated rings. The quantitative estimate of drug-likeness (QED) is 0.583. The van der Waals surface area contributed by atoms with Crippen LogP contribution in [0.3, 0.4) is 0 Å². The summed E-state index contributed by atoms with van der Waals surface area (Å²) in [4.78, 5) is 12.2. The lowest BCUT2D eigenvalue weighted by Crippen LogP contribution is -2.15. The van der Waals surface area contributed by atoms with E-state index < -0.39 is 0 Å². The zero-order valence-corrected chi connectivity index (χ0v) is 16.2. The highest BCUT2D eigenvalue weighted by atomic mass is 32.2. The van der Waals surface area contributed by atoms with Crippen LogP contribution in [0, 0.1) is 5.82 Å². The van der Waals surface area contributed by atoms with E-state index in [1.54, 1.807) is 43.0 Å². The van der Waals surface area contributed by atoms with Crippen LogP contribution in [-0.2, 0) is 18.4 Å². The Morgan fingerprint density at radius 2 is 1.93 bits per heavy atom. The van der Waals surface area contributed by atoms with Crippen molar-refractivity contribution in [1.82, 2.24) is 14.8 Å². The summed E-state index contributed by atoms with van der Waals surface area (Å²) in [5.41, 5.74) is 0.613. The molecule has 28 heavy (non-hydrogen) atoms. The maximum absolute atomic E-state index is 12.9. The Kier molecular flexibility index (Phi) is 6.49. The fourth-order valence-corrected chi connectivity index (χ4v) is 3.07. The summed E-state index contributed by atoms with van der Waals surface area (Å²) >= 11 is 1.26. The van der Waals surface area contributed by atoms with Gasteiger partial charge in [0.25, 0.3) is 0 Å². The molecule has 1 heterocycles. The number of amides is 1. The van der Waals surface area contributed by atoms with Crippen LogP contribution in [0.5, 0.6) is 11.5 Å². The number of carbonyl (C=O) groups is 1. The molecule has 7 nitrogen and oxygen atoms in total. The van der Waals surface area contributed by atoms with Crippen LogP contribution in [0.1, 0.15) is 5.82 Å². The second-order valence-electron chi connectivity index (χ2n) is 5.74. The molecule has 0 atom stereocenters. The maximum atomic E-state index is 12.9. The Bertz CT molecular complexity index is 947. The molecule has 0 unspecified atom stereocenters. The summed E-state index contributed by atoms with van der Waals surface area (Å²) in [6.45, 7) is 0.184. The number of rotatable bonds is 8. The normalized spacial score (nSPS) is 10.5. The Hall–Kier alpha value is -3.07. The topological polar surface area (TPSA) is 78.3 Å². The minimum absolute atomic E-state index is 0.169. The van der Waals surface area contributed by atoms with Gasteiger partial charge < -0.3 is 19.4 Å². The lowest BCUT2D eigenvalue weighted by Gasteiger charge is -2.09. The number of thioether (sulfide) groups is 1. The molecule has 1 amide bonds. The van der Waals surface area contributed by atoms with Gasteiger partial charge in [0.05, 0.1) is 18.6 Å². The number of para-hydroxylation sites is 2. The van der Waals surface area contributed by atoms with Gasteiger partial charge in [-0.3, -0.25) is 4.79 Å². The third-order valence-electron chi connectivity index (χ3n) is 3.82. The second-order valence-corrected chi connectivity index (χ2v) is 6.68. The number of hydrogen-bond donors (Lipinski definition) is 1. The predicted octanol–water partition coefficient (Wildman–Crippen LogP) is 3.27. The zero-order valence-electron chi connectivity index (χ0n) is 15.4. The summed E-state index contributed by atoms with van der Waals surface area (Å²) in [5.74, 6) is 1.40. The molecular weight excluding hydrogens is 383 g/mol. The van der Waals surface area contributed by atoms with Gasteiger partial charge in [-0.15, -0.1) is 10.2 Å². The van der Waals surface area contributed by atoms with Crippen LogP contribution in [0.2, 0.25) is 0 Å². The third kappa shape index (κ3) is 5.01. The Labute approximate surface area is 165 Å². The van der Waals surface area contributed by atoms with Gasteiger partial charge in [-0.05, 0) is 36.4 Å². The number of nitrogens with zero attached hydrogens (tertiary/aromatic N) is 3. The summed E-state index contributed by atoms with van der Waals surface area (Å²) in [6, 6.07) is 12.9. The predicted molar refractivity (Wildman–Crippen MR) is 104 cm³/mol. The Balaban J connectivity index is 1.53. The van der Waals surface area contributed by atoms with Crippen molar-refractivity contribution in [1.29, 1.82) is 0 Å². The zero-order chi connectivity index (χ0) is 19.9. The van der Waals surface area contributed by atoms with Crippen molar-refractivity contribution in [2.45, 2.75) is 11.8 Å². The molecule has 0 aliphatic carbocycles. The van der Waals surface area contributed by atoms with Crippen LogP contribution in [-0.4, -0.2) is 33.5 Å². The van der Waals surface area contributed by atoms with Gasteiger partial charge in [0, 0.05) is 7.05 Å². The van der Waals surface area contributed by atoms with Crippen molar-refractivity contribution in [3.05, 3.63) is 60.2 Å². The number of carbonyl (C=O) groups excluding carboxylic acids is 1. The summed E-state index contributed by atoms with van der Waals surface area (Å²) in [6.07, 6.45) is 0. The van der Waals surface area contributed by atoms with Crippen molar-refractivity contribution >= 4 is 23.4 Å². The Morgan fingerprint density at radius 3 is 2.68 bits per heavy atom. The molecule has 2 aromatic carbocycles. The van der Waals surface area contributed by atoms with Gasteiger partial charge in [-0.1, -0.05) is 23.9 Å². The molecule has 146 valence electrons. The van der Waals surface area contributed by atoms with Gasteiger partial charge >= 0.3 is 0 Å². The van der Waals surface area contributed by atoms with Crippen LogP contribution < -0.4 is 14.8 Å². The average molecular weight is 402 g/mol. The van der Waals surface area contributed by atoms with Gasteiger partial charge in [0.2, 0.25) is 5.91 Å². The fourth-order valence-electron chi connectivity index (χ4n) is 2.34. The van der Waals surface area contributed by atoms with E-state index in [0.717, 1.165) is 0 Å². The van der Waals surface area contributed by atoms with E-state index in [4.69, 9.17) is 9.47 Å². The van der Waals surface area contributed by atoms with Crippen LogP contribution in [0.25, 0.3) is 0 Å². The second kappa shape index (κ2) is 9.23. The first-order chi connectivity index (χ1) is 13.6. The number of halogens is 1. The van der Waals surface area contributed by atoms with Crippen molar-refractivity contribution < 1.29 is 18.7 Å². The number of ether oxygens (including phenoxy) is 2. The molecule has 0 radical (unpaired) electrons. The molecule has 0 saturated carbocycles. The molecule has 0 aliphatic rings. The van der Waals surface area contributed by atoms with Crippen molar-refractivity contribution in [2.75, 3.05) is 18.2 Å². The molecule has 0 saturated heterocycles. The Morgan fingerprint density at radius 1 is 1.18 bits per heavy atom. The van der Waals surface area contributed by atoms with Crippen molar-refractivity contribution in [3.8, 4) is 11.5 Å². The summed E-state index contributed by atoms with van der Waals surface area (Å²) < 4.78 is 25.5. The average Bonchev–Trinajstić information content (AvgIpc) is 3.06. The van der Waals surface area contributed by atoms with Crippen molar-refractivity contribution in [3.63, 3.8) is 0 Å². The van der Waals surface area contributed by atoms with E-state index in [0.29, 0.717) is 28.2 Å². The van der Waals surface area contributed by atoms with Gasteiger partial charge in [-0.25, -0.2) is 4.39 Å². The highest BCUT2D eigenvalue weighted by molar-refractivity contribution is 7.99. The van der Waals surface area contributed by atoms with Crippen LogP contribution in [0.4, 0.5) is 10.1 Å². The van der Waals surface area contributed by atoms with Gasteiger partial charge in [0.15, 0.2) is 11.0 Å². The number of hydrogen-bond acceptors (Lipinski definition) is 6. The molecule has 1 N–H and O–H groups in total. The molecule has 1 aromatic heterocycles. The number of aromatic nitrogens is 3. The van der Waals surface area contributed by atoms with E-state index in [1.165, 1.54) is 23.9 Å². The molecule has 0 spiro atoms. The minimum Gasteiger partial charge on any atom is -0.495 e. The standard InChI is InChI=1S/C19H19FN4O3S/c1-24-17(11-27-14-9-7-13(20)8-10-14)22-23-19(24)28-12-18(25)21-15-5-3-4-6-16(15)26-2/h3-10H,11-12H2,1-2H3,(H,21,25). The first kappa shape index (κ1) is 19.7. The molecule has 9 heteroatoms. The van der Waals surface area contributed by atoms with Crippen molar-refractivity contribution in [2.24, 2.45) is 7.05 Å². The first-order valence-electron chi connectivity index (χ1n) is 8.39. The molecule has 3 aromatic rings. The smallest absolute Gasteiger partial charge is 0.234 e. The highest BCUT2D eigenvalue weighted by Gasteiger charge is 2.13. The monoisotopic (exact) mass is 402 g/mol. The molecule has 3 rings (SSSR count).